The van der Waals surface area contributed by atoms with Gasteiger partial charge in [0.2, 0.25) is 0 Å². The summed E-state index contributed by atoms with van der Waals surface area (Å²) in [4.78, 5) is 42.6. The summed E-state index contributed by atoms with van der Waals surface area (Å²) in [7, 11) is 0. The molecule has 6 heterocycles. The fourth-order valence-corrected chi connectivity index (χ4v) is 6.52. The van der Waals surface area contributed by atoms with Crippen LogP contribution in [-0.4, -0.2) is 50.5 Å². The number of aromatic nitrogens is 6. The highest BCUT2D eigenvalue weighted by atomic mass is 79.9. The fourth-order valence-electron chi connectivity index (χ4n) is 6.17. The van der Waals surface area contributed by atoms with Crippen molar-refractivity contribution in [1.29, 1.82) is 0 Å². The second-order valence-corrected chi connectivity index (χ2v) is 14.6. The number of halogens is 2. The van der Waals surface area contributed by atoms with E-state index in [-0.39, 0.29) is 23.5 Å². The first kappa shape index (κ1) is 40.0. The van der Waals surface area contributed by atoms with Crippen LogP contribution in [0.2, 0.25) is 0 Å². The van der Waals surface area contributed by atoms with Gasteiger partial charge in [-0.3, -0.25) is 18.7 Å². The van der Waals surface area contributed by atoms with E-state index in [0.29, 0.717) is 84.8 Å². The molecule has 0 fully saturated rings. The van der Waals surface area contributed by atoms with Crippen molar-refractivity contribution in [3.05, 3.63) is 139 Å². The number of rotatable bonds is 0. The minimum atomic E-state index is -0.758. The zero-order valence-electron chi connectivity index (χ0n) is 30.0. The van der Waals surface area contributed by atoms with Gasteiger partial charge in [-0.1, -0.05) is 39.9 Å². The average Bonchev–Trinajstić information content (AvgIpc) is 3.41. The Balaban J connectivity index is 0.000000175. The van der Waals surface area contributed by atoms with Gasteiger partial charge >= 0.3 is 0 Å². The Kier molecular flexibility index (Phi) is 12.8. The lowest BCUT2D eigenvalue weighted by Crippen LogP contribution is -2.27. The highest BCUT2D eigenvalue weighted by Crippen LogP contribution is 2.25. The molecule has 0 bridgehead atoms. The van der Waals surface area contributed by atoms with Crippen LogP contribution < -0.4 is 11.1 Å². The molecule has 0 amide bonds. The van der Waals surface area contributed by atoms with Crippen molar-refractivity contribution in [3.63, 3.8) is 0 Å². The third-order valence-corrected chi connectivity index (χ3v) is 9.86. The van der Waals surface area contributed by atoms with E-state index in [1.54, 1.807) is 39.7 Å². The molecule has 2 aliphatic heterocycles. The lowest BCUT2D eigenvalue weighted by molar-refractivity contribution is 0.0421. The monoisotopic (exact) mass is 806 g/mol. The molecule has 8 rings (SSSR count). The van der Waals surface area contributed by atoms with Crippen LogP contribution in [0.5, 0.6) is 0 Å². The molecule has 12 heteroatoms. The first-order valence-corrected chi connectivity index (χ1v) is 18.2. The third kappa shape index (κ3) is 9.87. The minimum absolute atomic E-state index is 0. The van der Waals surface area contributed by atoms with Crippen LogP contribution in [-0.2, 0) is 25.9 Å². The zero-order valence-corrected chi connectivity index (χ0v) is 32.4. The van der Waals surface area contributed by atoms with E-state index in [1.807, 2.05) is 68.4 Å². The standard InChI is InChI=1S/C21H19N3O2.C14H15BrN2O2.C7H5N.ClH/c1-21(26)10-9-19-23-18-14-15(5-7-16-4-2-3-12-22-16)6-8-17(18)20(25)24(19)13-11-21;1-14(19)5-4-12-16-11-8-9(15)2-3-10(11)13(18)17(12)7-6-14;1-2-7-5-3-4-6-8-7;/h2-4,6,8,12,14,26H,9-11,13H2,1H3;2-3,8,19H,4-7H2,1H3;1,3-6H;1H. The van der Waals surface area contributed by atoms with E-state index in [0.717, 1.165) is 21.7 Å². The summed E-state index contributed by atoms with van der Waals surface area (Å²) in [6.07, 6.45) is 12.0. The number of nitrogens with zero attached hydrogens (tertiary/aromatic N) is 6. The van der Waals surface area contributed by atoms with Crippen LogP contribution in [0.3, 0.4) is 0 Å². The second kappa shape index (κ2) is 17.3. The second-order valence-electron chi connectivity index (χ2n) is 13.7. The third-order valence-electron chi connectivity index (χ3n) is 9.37. The molecular weight excluding hydrogens is 768 g/mol. The summed E-state index contributed by atoms with van der Waals surface area (Å²) in [5, 5.41) is 21.7. The smallest absolute Gasteiger partial charge is 0.261 e. The number of aliphatic hydroxyl groups is 2. The Labute approximate surface area is 327 Å². The number of pyridine rings is 2. The molecule has 0 aliphatic carbocycles. The number of hydrogen-bond acceptors (Lipinski definition) is 8. The normalized spacial score (nSPS) is 18.6. The molecule has 2 N–H and O–H groups in total. The van der Waals surface area contributed by atoms with Gasteiger partial charge in [0.25, 0.3) is 11.1 Å². The SMILES string of the molecule is C#Cc1ccccn1.CC1(O)CCc2nc3cc(Br)ccc3c(=O)n2CC1.CC1(O)CCc2nc3cc(C#Cc4ccccn4)ccc3c(=O)n2CC1.Cl. The number of benzene rings is 2. The molecule has 2 unspecified atom stereocenters. The van der Waals surface area contributed by atoms with Gasteiger partial charge in [-0.15, -0.1) is 18.8 Å². The van der Waals surface area contributed by atoms with E-state index in [9.17, 15) is 19.8 Å². The summed E-state index contributed by atoms with van der Waals surface area (Å²) in [5.41, 5.74) is 2.01. The number of fused-ring (bicyclic) bond motifs is 4. The van der Waals surface area contributed by atoms with Gasteiger partial charge in [0.1, 0.15) is 23.0 Å². The van der Waals surface area contributed by atoms with Gasteiger partial charge in [0.05, 0.1) is 33.0 Å². The van der Waals surface area contributed by atoms with Gasteiger partial charge in [-0.05, 0) is 106 Å². The molecule has 0 radical (unpaired) electrons. The summed E-state index contributed by atoms with van der Waals surface area (Å²) < 4.78 is 4.32. The Morgan fingerprint density at radius 3 is 1.72 bits per heavy atom. The molecule has 0 spiro atoms. The largest absolute Gasteiger partial charge is 0.390 e. The van der Waals surface area contributed by atoms with Gasteiger partial charge in [-0.25, -0.2) is 19.9 Å². The molecule has 10 nitrogen and oxygen atoms in total. The van der Waals surface area contributed by atoms with E-state index < -0.39 is 11.2 Å². The van der Waals surface area contributed by atoms with Crippen molar-refractivity contribution >= 4 is 50.1 Å². The Hall–Kier alpha value is -5.17. The van der Waals surface area contributed by atoms with E-state index in [1.165, 1.54) is 0 Å². The van der Waals surface area contributed by atoms with Crippen LogP contribution in [0.15, 0.2) is 99.3 Å². The van der Waals surface area contributed by atoms with Crippen molar-refractivity contribution in [1.82, 2.24) is 29.1 Å². The molecule has 276 valence electrons. The lowest BCUT2D eigenvalue weighted by Gasteiger charge is -2.19. The van der Waals surface area contributed by atoms with Gasteiger partial charge in [-0.2, -0.15) is 0 Å². The van der Waals surface area contributed by atoms with Crippen LogP contribution in [0.25, 0.3) is 21.8 Å². The van der Waals surface area contributed by atoms with Crippen molar-refractivity contribution < 1.29 is 10.2 Å². The maximum Gasteiger partial charge on any atom is 0.261 e. The maximum absolute atomic E-state index is 12.8. The molecule has 2 aromatic carbocycles. The van der Waals surface area contributed by atoms with Gasteiger partial charge < -0.3 is 10.2 Å². The molecule has 6 aromatic rings. The Bertz CT molecular complexity index is 2500. The number of aryl methyl sites for hydroxylation is 2. The lowest BCUT2D eigenvalue weighted by atomic mass is 9.97. The summed E-state index contributed by atoms with van der Waals surface area (Å²) >= 11 is 3.40. The summed E-state index contributed by atoms with van der Waals surface area (Å²) in [6, 6.07) is 22.1. The highest BCUT2D eigenvalue weighted by molar-refractivity contribution is 9.10. The average molecular weight is 808 g/mol. The van der Waals surface area contributed by atoms with Crippen LogP contribution >= 0.6 is 28.3 Å². The van der Waals surface area contributed by atoms with Crippen LogP contribution in [0.1, 0.15) is 68.1 Å². The van der Waals surface area contributed by atoms with Crippen molar-refractivity contribution in [3.8, 4) is 24.2 Å². The number of hydrogen-bond donors (Lipinski definition) is 2. The predicted octanol–water partition coefficient (Wildman–Crippen LogP) is 6.01. The summed E-state index contributed by atoms with van der Waals surface area (Å²) in [5.74, 6) is 10.0. The number of terminal acetylenes is 1. The molecule has 0 saturated heterocycles. The topological polar surface area (TPSA) is 136 Å². The van der Waals surface area contributed by atoms with Crippen LogP contribution in [0.4, 0.5) is 0 Å². The van der Waals surface area contributed by atoms with Crippen molar-refractivity contribution in [2.24, 2.45) is 0 Å². The van der Waals surface area contributed by atoms with Crippen molar-refractivity contribution in [2.45, 2.75) is 76.7 Å². The van der Waals surface area contributed by atoms with E-state index >= 15 is 0 Å². The molecule has 4 aromatic heterocycles. The van der Waals surface area contributed by atoms with E-state index in [4.69, 9.17) is 6.42 Å². The van der Waals surface area contributed by atoms with Gasteiger partial charge in [0.15, 0.2) is 0 Å². The van der Waals surface area contributed by atoms with E-state index in [2.05, 4.69) is 53.6 Å². The van der Waals surface area contributed by atoms with Gasteiger partial charge in [0, 0.05) is 48.4 Å². The fraction of sp³-hybridized carbons (Fsp3) is 0.286. The zero-order chi connectivity index (χ0) is 37.6. The Morgan fingerprint density at radius 2 is 1.22 bits per heavy atom. The molecule has 54 heavy (non-hydrogen) atoms. The molecular formula is C42H40BrClN6O4. The molecule has 0 saturated carbocycles. The summed E-state index contributed by atoms with van der Waals surface area (Å²) in [6.45, 7) is 4.65. The quantitative estimate of drug-likeness (QED) is 0.178. The minimum Gasteiger partial charge on any atom is -0.390 e. The maximum atomic E-state index is 12.8. The molecule has 2 atom stereocenters. The highest BCUT2D eigenvalue weighted by Gasteiger charge is 2.27. The van der Waals surface area contributed by atoms with Crippen molar-refractivity contribution in [2.75, 3.05) is 0 Å². The predicted molar refractivity (Wildman–Crippen MR) is 216 cm³/mol. The Morgan fingerprint density at radius 1 is 0.704 bits per heavy atom. The molecule has 2 aliphatic rings. The first-order valence-electron chi connectivity index (χ1n) is 17.4. The first-order chi connectivity index (χ1) is 25.4. The van der Waals surface area contributed by atoms with Crippen LogP contribution in [0, 0.1) is 24.2 Å².